The number of halogens is 1. The third kappa shape index (κ3) is 5.48. The van der Waals surface area contributed by atoms with Gasteiger partial charge in [-0.1, -0.05) is 41.9 Å². The molecule has 3 aromatic heterocycles. The molecule has 0 aliphatic heterocycles. The summed E-state index contributed by atoms with van der Waals surface area (Å²) in [6, 6.07) is 22.2. The average molecular weight is 616 g/mol. The van der Waals surface area contributed by atoms with Gasteiger partial charge in [-0.2, -0.15) is 5.10 Å². The Morgan fingerprint density at radius 2 is 1.86 bits per heavy atom. The number of methoxy groups -OCH3 is 1. The van der Waals surface area contributed by atoms with E-state index in [-0.39, 0.29) is 17.9 Å². The van der Waals surface area contributed by atoms with E-state index < -0.39 is 11.3 Å². The molecule has 0 aliphatic rings. The first-order valence-corrected chi connectivity index (χ1v) is 14.7. The molecule has 3 heterocycles. The van der Waals surface area contributed by atoms with Gasteiger partial charge >= 0.3 is 0 Å². The van der Waals surface area contributed by atoms with Crippen molar-refractivity contribution in [2.75, 3.05) is 12.8 Å². The van der Waals surface area contributed by atoms with Crippen molar-refractivity contribution < 1.29 is 13.5 Å². The van der Waals surface area contributed by atoms with E-state index in [2.05, 4.69) is 14.7 Å². The monoisotopic (exact) mass is 615 g/mol. The molecule has 0 amide bonds. The summed E-state index contributed by atoms with van der Waals surface area (Å²) in [5, 5.41) is 7.06. The molecule has 4 N–H and O–H groups in total. The van der Waals surface area contributed by atoms with E-state index in [0.29, 0.717) is 57.0 Å². The molecule has 0 spiro atoms. The number of rotatable bonds is 9. The van der Waals surface area contributed by atoms with Crippen LogP contribution in [0.1, 0.15) is 11.3 Å². The van der Waals surface area contributed by atoms with Crippen molar-refractivity contribution in [3.63, 3.8) is 0 Å². The number of nitrogens with one attached hydrogen (secondary N) is 1. The first-order chi connectivity index (χ1) is 20.9. The Morgan fingerprint density at radius 3 is 2.63 bits per heavy atom. The molecule has 1 atom stereocenters. The number of nitrogen functional groups attached to an aromatic ring is 1. The summed E-state index contributed by atoms with van der Waals surface area (Å²) < 4.78 is 31.8. The van der Waals surface area contributed by atoms with Crippen LogP contribution in [0.4, 0.5) is 5.82 Å². The van der Waals surface area contributed by atoms with Crippen molar-refractivity contribution in [2.24, 2.45) is 0 Å². The molecule has 1 unspecified atom stereocenters. The second-order valence-corrected chi connectivity index (χ2v) is 10.9. The van der Waals surface area contributed by atoms with Crippen LogP contribution in [-0.4, -0.2) is 40.2 Å². The Morgan fingerprint density at radius 1 is 1.05 bits per heavy atom. The first kappa shape index (κ1) is 28.5. The number of benzene rings is 3. The Balaban J connectivity index is 1.44. The van der Waals surface area contributed by atoms with Crippen LogP contribution in [0.15, 0.2) is 83.9 Å². The number of nitrogens with zero attached hydrogens (tertiary/aromatic N) is 5. The number of hydrogen-bond acceptors (Lipinski definition) is 7. The average Bonchev–Trinajstić information content (AvgIpc) is 3.39. The topological polar surface area (TPSA) is 150 Å². The standard InChI is InChI=1S/C30H26ClN7O4S/c1-42-24-11-10-19(14-20(24)16-35-43(40)41)27-26-28(32)33-17-34-29(26)37(36-27)13-12-22-15-18-6-5-9-23(31)25(18)30(39)38(22)21-7-3-2-4-8-21/h2-11,14-15,17,35H,12-13,16H2,1H3,(H,40,41)(H2,32,33,34). The smallest absolute Gasteiger partial charge is 0.264 e. The minimum absolute atomic E-state index is 0.0910. The van der Waals surface area contributed by atoms with E-state index in [1.54, 1.807) is 21.4 Å². The maximum Gasteiger partial charge on any atom is 0.264 e. The zero-order valence-electron chi connectivity index (χ0n) is 22.9. The lowest BCUT2D eigenvalue weighted by molar-refractivity contribution is 0.409. The number of fused-ring (bicyclic) bond motifs is 2. The van der Waals surface area contributed by atoms with Gasteiger partial charge in [0, 0.05) is 42.0 Å². The van der Waals surface area contributed by atoms with Gasteiger partial charge < -0.3 is 10.5 Å². The molecule has 0 aliphatic carbocycles. The highest BCUT2D eigenvalue weighted by molar-refractivity contribution is 7.77. The van der Waals surface area contributed by atoms with Gasteiger partial charge in [0.25, 0.3) is 5.56 Å². The Kier molecular flexibility index (Phi) is 7.91. The van der Waals surface area contributed by atoms with Crippen LogP contribution in [0.3, 0.4) is 0 Å². The molecule has 11 nitrogen and oxygen atoms in total. The third-order valence-corrected chi connectivity index (χ3v) is 7.87. The van der Waals surface area contributed by atoms with E-state index in [1.807, 2.05) is 60.7 Å². The second-order valence-electron chi connectivity index (χ2n) is 9.69. The summed E-state index contributed by atoms with van der Waals surface area (Å²) >= 11 is 4.27. The molecule has 6 rings (SSSR count). The van der Waals surface area contributed by atoms with Crippen LogP contribution in [0, 0.1) is 0 Å². The molecule has 6 aromatic rings. The van der Waals surface area contributed by atoms with Crippen LogP contribution in [0.25, 0.3) is 38.8 Å². The number of anilines is 1. The van der Waals surface area contributed by atoms with Crippen molar-refractivity contribution in [1.29, 1.82) is 0 Å². The van der Waals surface area contributed by atoms with Crippen molar-refractivity contribution in [1.82, 2.24) is 29.0 Å². The summed E-state index contributed by atoms with van der Waals surface area (Å²) in [5.74, 6) is 0.810. The maximum absolute atomic E-state index is 13.8. The number of pyridine rings is 1. The molecule has 13 heteroatoms. The summed E-state index contributed by atoms with van der Waals surface area (Å²) in [7, 11) is 1.53. The van der Waals surface area contributed by atoms with Gasteiger partial charge in [0.2, 0.25) is 11.3 Å². The minimum Gasteiger partial charge on any atom is -0.496 e. The minimum atomic E-state index is -2.20. The molecule has 0 fully saturated rings. The largest absolute Gasteiger partial charge is 0.496 e. The summed E-state index contributed by atoms with van der Waals surface area (Å²) in [6.07, 6.45) is 1.82. The first-order valence-electron chi connectivity index (χ1n) is 13.2. The van der Waals surface area contributed by atoms with Crippen LogP contribution in [0.2, 0.25) is 5.02 Å². The van der Waals surface area contributed by atoms with E-state index in [1.165, 1.54) is 13.4 Å². The molecule has 218 valence electrons. The molecule has 0 bridgehead atoms. The molecular formula is C30H26ClN7O4S. The number of aryl methyl sites for hydroxylation is 2. The van der Waals surface area contributed by atoms with Gasteiger partial charge in [-0.05, 0) is 47.9 Å². The van der Waals surface area contributed by atoms with Gasteiger partial charge in [0.05, 0.1) is 22.9 Å². The fourth-order valence-electron chi connectivity index (χ4n) is 5.23. The van der Waals surface area contributed by atoms with Crippen molar-refractivity contribution in [3.05, 3.63) is 106 Å². The second kappa shape index (κ2) is 11.9. The van der Waals surface area contributed by atoms with E-state index in [9.17, 15) is 13.6 Å². The molecule has 43 heavy (non-hydrogen) atoms. The van der Waals surface area contributed by atoms with Crippen LogP contribution in [-0.2, 0) is 30.8 Å². The fraction of sp³-hybridized carbons (Fsp3) is 0.133. The van der Waals surface area contributed by atoms with E-state index in [0.717, 1.165) is 16.8 Å². The highest BCUT2D eigenvalue weighted by Crippen LogP contribution is 2.33. The Labute approximate surface area is 253 Å². The van der Waals surface area contributed by atoms with Crippen LogP contribution >= 0.6 is 11.6 Å². The van der Waals surface area contributed by atoms with Crippen LogP contribution < -0.4 is 20.8 Å². The van der Waals surface area contributed by atoms with Crippen molar-refractivity contribution in [2.45, 2.75) is 19.5 Å². The maximum atomic E-state index is 13.8. The van der Waals surface area contributed by atoms with Crippen molar-refractivity contribution >= 4 is 50.5 Å². The highest BCUT2D eigenvalue weighted by atomic mass is 35.5. The van der Waals surface area contributed by atoms with E-state index in [4.69, 9.17) is 27.2 Å². The van der Waals surface area contributed by atoms with Gasteiger partial charge in [0.15, 0.2) is 5.65 Å². The number of ether oxygens (including phenoxy) is 1. The molecule has 0 radical (unpaired) electrons. The van der Waals surface area contributed by atoms with Crippen molar-refractivity contribution in [3.8, 4) is 22.7 Å². The third-order valence-electron chi connectivity index (χ3n) is 7.16. The normalized spacial score (nSPS) is 12.2. The Bertz CT molecular complexity index is 2060. The zero-order chi connectivity index (χ0) is 30.1. The number of hydrogen-bond donors (Lipinski definition) is 3. The molecule has 0 saturated heterocycles. The predicted octanol–water partition coefficient (Wildman–Crippen LogP) is 4.51. The van der Waals surface area contributed by atoms with Gasteiger partial charge in [-0.3, -0.25) is 13.9 Å². The lowest BCUT2D eigenvalue weighted by atomic mass is 10.1. The lowest BCUT2D eigenvalue weighted by Gasteiger charge is -2.15. The Hall–Kier alpha value is -4.62. The van der Waals surface area contributed by atoms with Gasteiger partial charge in [-0.25, -0.2) is 23.6 Å². The lowest BCUT2D eigenvalue weighted by Crippen LogP contribution is -2.23. The van der Waals surface area contributed by atoms with Crippen LogP contribution in [0.5, 0.6) is 5.75 Å². The number of nitrogens with two attached hydrogens (primary N) is 1. The number of aromatic nitrogens is 5. The number of para-hydroxylation sites is 1. The zero-order valence-corrected chi connectivity index (χ0v) is 24.5. The molecular weight excluding hydrogens is 590 g/mol. The van der Waals surface area contributed by atoms with Gasteiger partial charge in [0.1, 0.15) is 23.6 Å². The molecule has 3 aromatic carbocycles. The highest BCUT2D eigenvalue weighted by Gasteiger charge is 2.20. The molecule has 0 saturated carbocycles. The summed E-state index contributed by atoms with van der Waals surface area (Å²) in [5.41, 5.74) is 10.1. The predicted molar refractivity (Wildman–Crippen MR) is 168 cm³/mol. The van der Waals surface area contributed by atoms with Gasteiger partial charge in [-0.15, -0.1) is 0 Å². The summed E-state index contributed by atoms with van der Waals surface area (Å²) in [6.45, 7) is 0.465. The van der Waals surface area contributed by atoms with E-state index >= 15 is 0 Å². The summed E-state index contributed by atoms with van der Waals surface area (Å²) in [4.78, 5) is 22.5. The SMILES string of the molecule is COc1ccc(-c2nn(CCc3cc4cccc(Cl)c4c(=O)n3-c3ccccc3)c3ncnc(N)c23)cc1CNS(=O)O. The fourth-order valence-corrected chi connectivity index (χ4v) is 5.77. The quantitative estimate of drug-likeness (QED) is 0.201.